The number of aromatic hydroxyl groups is 1. The number of phenols is 1. The number of hydrogen-bond acceptors (Lipinski definition) is 3. The fourth-order valence-electron chi connectivity index (χ4n) is 2.38. The van der Waals surface area contributed by atoms with Gasteiger partial charge in [-0.15, -0.1) is 0 Å². The van der Waals surface area contributed by atoms with Gasteiger partial charge in [0.1, 0.15) is 5.75 Å². The van der Waals surface area contributed by atoms with Gasteiger partial charge in [-0.1, -0.05) is 6.92 Å². The summed E-state index contributed by atoms with van der Waals surface area (Å²) in [6, 6.07) is 5.08. The highest BCUT2D eigenvalue weighted by atomic mass is 79.9. The molecule has 1 aromatic rings. The van der Waals surface area contributed by atoms with Crippen LogP contribution in [0.4, 0.5) is 0 Å². The van der Waals surface area contributed by atoms with Crippen LogP contribution in [0.3, 0.4) is 0 Å². The quantitative estimate of drug-likeness (QED) is 0.896. The number of amides is 1. The highest BCUT2D eigenvalue weighted by molar-refractivity contribution is 9.10. The Balaban J connectivity index is 1.98. The Labute approximate surface area is 121 Å². The van der Waals surface area contributed by atoms with Gasteiger partial charge in [0.2, 0.25) is 0 Å². The van der Waals surface area contributed by atoms with E-state index in [1.807, 2.05) is 0 Å². The van der Waals surface area contributed by atoms with Crippen molar-refractivity contribution in [1.29, 1.82) is 0 Å². The number of phenolic OH excluding ortho intramolecular Hbond substituents is 1. The lowest BCUT2D eigenvalue weighted by Crippen LogP contribution is -2.47. The molecule has 0 aromatic heterocycles. The van der Waals surface area contributed by atoms with Crippen LogP contribution in [0.2, 0.25) is 0 Å². The van der Waals surface area contributed by atoms with E-state index in [-0.39, 0.29) is 17.7 Å². The number of halogens is 1. The van der Waals surface area contributed by atoms with Crippen molar-refractivity contribution >= 4 is 21.8 Å². The molecule has 1 saturated heterocycles. The van der Waals surface area contributed by atoms with Crippen LogP contribution in [0.15, 0.2) is 22.7 Å². The van der Waals surface area contributed by atoms with Gasteiger partial charge in [-0.05, 0) is 60.1 Å². The zero-order chi connectivity index (χ0) is 13.8. The monoisotopic (exact) mass is 326 g/mol. The Hall–Kier alpha value is -1.07. The van der Waals surface area contributed by atoms with Crippen molar-refractivity contribution < 1.29 is 9.90 Å². The molecular formula is C14H19BrN2O2. The van der Waals surface area contributed by atoms with Crippen molar-refractivity contribution in [3.63, 3.8) is 0 Å². The van der Waals surface area contributed by atoms with E-state index in [9.17, 15) is 9.90 Å². The lowest BCUT2D eigenvalue weighted by atomic mass is 10.1. The predicted molar refractivity (Wildman–Crippen MR) is 78.4 cm³/mol. The SMILES string of the molecule is CCN1CCCC(NC(=O)c2ccc(Br)c(O)c2)C1. The molecule has 1 aliphatic heterocycles. The fourth-order valence-corrected chi connectivity index (χ4v) is 2.63. The summed E-state index contributed by atoms with van der Waals surface area (Å²) in [6.07, 6.45) is 2.13. The van der Waals surface area contributed by atoms with Crippen LogP contribution in [0.5, 0.6) is 5.75 Å². The minimum atomic E-state index is -0.120. The molecule has 0 aliphatic carbocycles. The molecule has 5 heteroatoms. The molecule has 4 nitrogen and oxygen atoms in total. The lowest BCUT2D eigenvalue weighted by molar-refractivity contribution is 0.0905. The van der Waals surface area contributed by atoms with Gasteiger partial charge < -0.3 is 15.3 Å². The molecule has 0 bridgehead atoms. The van der Waals surface area contributed by atoms with Gasteiger partial charge in [0, 0.05) is 18.2 Å². The van der Waals surface area contributed by atoms with Gasteiger partial charge >= 0.3 is 0 Å². The molecule has 19 heavy (non-hydrogen) atoms. The second-order valence-electron chi connectivity index (χ2n) is 4.87. The predicted octanol–water partition coefficient (Wildman–Crippen LogP) is 2.37. The van der Waals surface area contributed by atoms with Crippen molar-refractivity contribution in [2.75, 3.05) is 19.6 Å². The Morgan fingerprint density at radius 2 is 2.37 bits per heavy atom. The molecule has 2 rings (SSSR count). The van der Waals surface area contributed by atoms with Gasteiger partial charge in [-0.25, -0.2) is 0 Å². The van der Waals surface area contributed by atoms with Crippen LogP contribution in [0, 0.1) is 0 Å². The summed E-state index contributed by atoms with van der Waals surface area (Å²) in [6.45, 7) is 5.18. The number of hydrogen-bond donors (Lipinski definition) is 2. The molecule has 0 radical (unpaired) electrons. The van der Waals surface area contributed by atoms with Gasteiger partial charge in [0.15, 0.2) is 0 Å². The van der Waals surface area contributed by atoms with Gasteiger partial charge in [-0.2, -0.15) is 0 Å². The van der Waals surface area contributed by atoms with Crippen molar-refractivity contribution in [2.24, 2.45) is 0 Å². The number of piperidine rings is 1. The average Bonchev–Trinajstić information content (AvgIpc) is 2.42. The Kier molecular flexibility index (Phi) is 4.82. The maximum Gasteiger partial charge on any atom is 0.251 e. The first kappa shape index (κ1) is 14.3. The fraction of sp³-hybridized carbons (Fsp3) is 0.500. The average molecular weight is 327 g/mol. The highest BCUT2D eigenvalue weighted by Crippen LogP contribution is 2.24. The number of likely N-dealkylation sites (N-methyl/N-ethyl adjacent to an activating group) is 1. The van der Waals surface area contributed by atoms with Crippen molar-refractivity contribution in [3.8, 4) is 5.75 Å². The minimum absolute atomic E-state index is 0.0893. The molecule has 2 N–H and O–H groups in total. The zero-order valence-electron chi connectivity index (χ0n) is 11.0. The van der Waals surface area contributed by atoms with Crippen LogP contribution in [-0.2, 0) is 0 Å². The molecule has 1 unspecified atom stereocenters. The molecule has 1 amide bonds. The van der Waals surface area contributed by atoms with E-state index in [1.54, 1.807) is 12.1 Å². The Bertz CT molecular complexity index is 465. The normalized spacial score (nSPS) is 20.2. The van der Waals surface area contributed by atoms with E-state index < -0.39 is 0 Å². The van der Waals surface area contributed by atoms with E-state index >= 15 is 0 Å². The van der Waals surface area contributed by atoms with E-state index in [0.29, 0.717) is 10.0 Å². The third kappa shape index (κ3) is 3.70. The number of nitrogens with zero attached hydrogens (tertiary/aromatic N) is 1. The number of benzene rings is 1. The van der Waals surface area contributed by atoms with Crippen molar-refractivity contribution in [3.05, 3.63) is 28.2 Å². The first-order chi connectivity index (χ1) is 9.10. The maximum absolute atomic E-state index is 12.1. The summed E-state index contributed by atoms with van der Waals surface area (Å²) in [5, 5.41) is 12.6. The van der Waals surface area contributed by atoms with E-state index in [1.165, 1.54) is 6.07 Å². The van der Waals surface area contributed by atoms with Crippen LogP contribution >= 0.6 is 15.9 Å². The second-order valence-corrected chi connectivity index (χ2v) is 5.73. The van der Waals surface area contributed by atoms with E-state index in [2.05, 4.69) is 33.1 Å². The molecule has 104 valence electrons. The van der Waals surface area contributed by atoms with Crippen LogP contribution in [0.1, 0.15) is 30.1 Å². The summed E-state index contributed by atoms with van der Waals surface area (Å²) in [7, 11) is 0. The molecule has 0 saturated carbocycles. The number of likely N-dealkylation sites (tertiary alicyclic amines) is 1. The third-order valence-corrected chi connectivity index (χ3v) is 4.17. The molecule has 1 aliphatic rings. The highest BCUT2D eigenvalue weighted by Gasteiger charge is 2.21. The van der Waals surface area contributed by atoms with Crippen molar-refractivity contribution in [1.82, 2.24) is 10.2 Å². The molecule has 1 fully saturated rings. The number of rotatable bonds is 3. The summed E-state index contributed by atoms with van der Waals surface area (Å²) in [4.78, 5) is 14.5. The van der Waals surface area contributed by atoms with Crippen LogP contribution in [0.25, 0.3) is 0 Å². The summed E-state index contributed by atoms with van der Waals surface area (Å²) in [5.41, 5.74) is 0.495. The van der Waals surface area contributed by atoms with Crippen LogP contribution in [-0.4, -0.2) is 41.6 Å². The topological polar surface area (TPSA) is 52.6 Å². The van der Waals surface area contributed by atoms with E-state index in [0.717, 1.165) is 32.5 Å². The summed E-state index contributed by atoms with van der Waals surface area (Å²) in [5.74, 6) is -0.0303. The van der Waals surface area contributed by atoms with Crippen molar-refractivity contribution in [2.45, 2.75) is 25.8 Å². The standard InChI is InChI=1S/C14H19BrN2O2/c1-2-17-7-3-4-11(9-17)16-14(19)10-5-6-12(15)13(18)8-10/h5-6,8,11,18H,2-4,7,9H2,1H3,(H,16,19). The molecule has 1 atom stereocenters. The van der Waals surface area contributed by atoms with E-state index in [4.69, 9.17) is 0 Å². The molecule has 1 heterocycles. The van der Waals surface area contributed by atoms with Gasteiger partial charge in [0.25, 0.3) is 5.91 Å². The Morgan fingerprint density at radius 3 is 3.05 bits per heavy atom. The molecule has 1 aromatic carbocycles. The number of carbonyl (C=O) groups excluding carboxylic acids is 1. The lowest BCUT2D eigenvalue weighted by Gasteiger charge is -2.32. The van der Waals surface area contributed by atoms with Gasteiger partial charge in [0.05, 0.1) is 4.47 Å². The maximum atomic E-state index is 12.1. The first-order valence-corrected chi connectivity index (χ1v) is 7.41. The zero-order valence-corrected chi connectivity index (χ0v) is 12.6. The largest absolute Gasteiger partial charge is 0.507 e. The molecular weight excluding hydrogens is 308 g/mol. The van der Waals surface area contributed by atoms with Gasteiger partial charge in [-0.3, -0.25) is 4.79 Å². The third-order valence-electron chi connectivity index (χ3n) is 3.50. The summed E-state index contributed by atoms with van der Waals surface area (Å²) < 4.78 is 0.596. The van der Waals surface area contributed by atoms with Crippen LogP contribution < -0.4 is 5.32 Å². The molecule has 0 spiro atoms. The smallest absolute Gasteiger partial charge is 0.251 e. The minimum Gasteiger partial charge on any atom is -0.507 e. The Morgan fingerprint density at radius 1 is 1.58 bits per heavy atom. The second kappa shape index (κ2) is 6.39. The number of carbonyl (C=O) groups is 1. The summed E-state index contributed by atoms with van der Waals surface area (Å²) >= 11 is 3.21. The number of nitrogens with one attached hydrogen (secondary N) is 1. The first-order valence-electron chi connectivity index (χ1n) is 6.62.